The van der Waals surface area contributed by atoms with Crippen LogP contribution in [0.4, 0.5) is 32.3 Å². The van der Waals surface area contributed by atoms with Crippen LogP contribution in [0.5, 0.6) is 0 Å². The standard InChI is InChI=1S/C23H24N4O5.C14H18N2O5.C9H8N2O/c1-23(2,3)32-22(28)25-14-18-6-4-5-7-20(18)27-31-13-12-30-26-19-10-8-17(9-11-19)21-15-24-16-29-21;1-14(2,3)21-13(17)15-10-11-6-4-5-7-12(11)16-19-8-9-20-18;10-8-3-1-7(2-4-8)9-5-11-6-12-9/h4-11,15-16,26-27H,14H2,1-3H3,(H,25,28);4-7,16,18H,10H2,1-3H3,(H,15,17);1-6H,10H2. The number of benzene rings is 4. The summed E-state index contributed by atoms with van der Waals surface area (Å²) >= 11 is 0. The van der Waals surface area contributed by atoms with Crippen LogP contribution in [-0.4, -0.2) is 38.6 Å². The van der Waals surface area contributed by atoms with Gasteiger partial charge in [-0.15, -0.1) is 0 Å². The van der Waals surface area contributed by atoms with E-state index in [1.54, 1.807) is 78.2 Å². The van der Waals surface area contributed by atoms with Crippen LogP contribution in [0.3, 0.4) is 0 Å². The summed E-state index contributed by atoms with van der Waals surface area (Å²) in [4.78, 5) is 49.6. The fraction of sp³-hybridized carbons (Fsp3) is 0.217. The number of hydrogen-bond acceptors (Lipinski definition) is 17. The molecule has 65 heavy (non-hydrogen) atoms. The molecule has 8 N–H and O–H groups in total. The van der Waals surface area contributed by atoms with Crippen LogP contribution < -0.4 is 32.8 Å². The highest BCUT2D eigenvalue weighted by molar-refractivity contribution is 5.69. The number of alkyl carbamates (subject to hydrolysis) is 2. The average molecular weight is 891 g/mol. The summed E-state index contributed by atoms with van der Waals surface area (Å²) in [6.07, 6.45) is 13.8. The molecule has 19 heteroatoms. The third-order valence-corrected chi connectivity index (χ3v) is 7.68. The number of carbonyl (C=O) groups is 2. The number of nitrogens with two attached hydrogens (primary N) is 1. The number of carbonyl (C=O) groups excluding carboxylic acids is 2. The lowest BCUT2D eigenvalue weighted by atomic mass is 10.2. The molecular weight excluding hydrogens is 841 g/mol. The fourth-order valence-corrected chi connectivity index (χ4v) is 4.90. The molecule has 0 saturated carbocycles. The number of oxazole rings is 2. The molecule has 4 aromatic carbocycles. The molecule has 2 aromatic heterocycles. The number of hydrogen-bond donors (Lipinski definition) is 7. The molecule has 19 nitrogen and oxygen atoms in total. The summed E-state index contributed by atoms with van der Waals surface area (Å²) in [6, 6.07) is 29.3. The number of rotatable bonds is 12. The molecule has 0 saturated heterocycles. The second-order valence-corrected chi connectivity index (χ2v) is 15.1. The summed E-state index contributed by atoms with van der Waals surface area (Å²) < 4.78 is 20.7. The Morgan fingerprint density at radius 2 is 1.02 bits per heavy atom. The van der Waals surface area contributed by atoms with E-state index < -0.39 is 23.4 Å². The molecule has 0 aliphatic heterocycles. The van der Waals surface area contributed by atoms with Gasteiger partial charge in [-0.2, -0.15) is 5.26 Å². The van der Waals surface area contributed by atoms with E-state index in [-0.39, 0.29) is 13.1 Å². The van der Waals surface area contributed by atoms with Crippen LogP contribution >= 0.6 is 0 Å². The van der Waals surface area contributed by atoms with Gasteiger partial charge in [-0.3, -0.25) is 4.89 Å². The minimum absolute atomic E-state index is 0.255. The smallest absolute Gasteiger partial charge is 0.407 e. The summed E-state index contributed by atoms with van der Waals surface area (Å²) in [7, 11) is 0. The minimum Gasteiger partial charge on any atom is -0.444 e. The first-order valence-corrected chi connectivity index (χ1v) is 19.6. The van der Waals surface area contributed by atoms with Gasteiger partial charge in [-0.05, 0) is 113 Å². The van der Waals surface area contributed by atoms with Gasteiger partial charge < -0.3 is 49.2 Å². The van der Waals surface area contributed by atoms with E-state index in [1.165, 1.54) is 12.8 Å². The van der Waals surface area contributed by atoms with Gasteiger partial charge in [0.2, 0.25) is 6.11 Å². The zero-order valence-electron chi connectivity index (χ0n) is 36.5. The van der Waals surface area contributed by atoms with Crippen molar-refractivity contribution >= 4 is 34.9 Å². The first-order valence-electron chi connectivity index (χ1n) is 19.6. The highest BCUT2D eigenvalue weighted by Gasteiger charge is 2.17. The number of para-hydroxylation sites is 2. The Morgan fingerprint density at radius 3 is 1.43 bits per heavy atom. The van der Waals surface area contributed by atoms with Crippen molar-refractivity contribution in [3.63, 3.8) is 0 Å². The number of nitrogen functional groups attached to an aromatic ring is 1. The molecule has 0 fully saturated rings. The van der Waals surface area contributed by atoms with Gasteiger partial charge in [-0.1, -0.05) is 36.4 Å². The number of aromatic nitrogens is 2. The van der Waals surface area contributed by atoms with Crippen molar-refractivity contribution < 1.29 is 52.6 Å². The molecule has 6 rings (SSSR count). The largest absolute Gasteiger partial charge is 0.444 e. The normalized spacial score (nSPS) is 10.1. The van der Waals surface area contributed by atoms with Gasteiger partial charge in [0.05, 0.1) is 29.5 Å². The Balaban J connectivity index is 0.000000238. The Morgan fingerprint density at radius 1 is 0.600 bits per heavy atom. The lowest BCUT2D eigenvalue weighted by molar-refractivity contribution is -0.172. The van der Waals surface area contributed by atoms with E-state index in [1.807, 2.05) is 78.9 Å². The van der Waals surface area contributed by atoms with E-state index in [0.717, 1.165) is 33.7 Å². The van der Waals surface area contributed by atoms with Crippen molar-refractivity contribution in [3.8, 4) is 47.1 Å². The average Bonchev–Trinajstić information content (AvgIpc) is 4.02. The molecule has 340 valence electrons. The van der Waals surface area contributed by atoms with Crippen LogP contribution in [-0.2, 0) is 42.0 Å². The second kappa shape index (κ2) is 25.3. The topological polar surface area (TPSA) is 248 Å². The number of anilines is 4. The molecule has 0 aliphatic rings. The quantitative estimate of drug-likeness (QED) is 0.0262. The van der Waals surface area contributed by atoms with Crippen molar-refractivity contribution in [2.75, 3.05) is 22.2 Å². The SMILES string of the molecule is CC(C)(C)OC(=O)NCc1ccccc1NOC#CONc1ccc(-c2cnco2)cc1.CC(C)(C)OC(=O)NCc1ccccc1NOC#COO.Nc1ccc(-c2cnco2)cc1. The van der Waals surface area contributed by atoms with E-state index in [2.05, 4.69) is 60.2 Å². The lowest BCUT2D eigenvalue weighted by Crippen LogP contribution is -2.32. The molecule has 2 heterocycles. The summed E-state index contributed by atoms with van der Waals surface area (Å²) in [5.74, 6) is 1.44. The van der Waals surface area contributed by atoms with Crippen molar-refractivity contribution in [2.24, 2.45) is 0 Å². The summed E-state index contributed by atoms with van der Waals surface area (Å²) in [5, 5.41) is 13.4. The first kappa shape index (κ1) is 49.0. The maximum absolute atomic E-state index is 11.8. The van der Waals surface area contributed by atoms with E-state index in [0.29, 0.717) is 22.8 Å². The van der Waals surface area contributed by atoms with Crippen molar-refractivity contribution in [2.45, 2.75) is 65.8 Å². The first-order chi connectivity index (χ1) is 31.2. The fourth-order valence-electron chi connectivity index (χ4n) is 4.90. The molecule has 0 bridgehead atoms. The van der Waals surface area contributed by atoms with Gasteiger partial charge in [0, 0.05) is 29.9 Å². The van der Waals surface area contributed by atoms with Gasteiger partial charge >= 0.3 is 12.2 Å². The summed E-state index contributed by atoms with van der Waals surface area (Å²) in [5.41, 5.74) is 18.6. The number of nitrogens with one attached hydrogen (secondary N) is 5. The minimum atomic E-state index is -0.562. The highest BCUT2D eigenvalue weighted by atomic mass is 17.1. The third-order valence-electron chi connectivity index (χ3n) is 7.68. The van der Waals surface area contributed by atoms with Gasteiger partial charge in [-0.25, -0.2) is 36.0 Å². The van der Waals surface area contributed by atoms with Crippen LogP contribution in [0.1, 0.15) is 52.7 Å². The highest BCUT2D eigenvalue weighted by Crippen LogP contribution is 2.22. The molecule has 2 amide bonds. The molecular formula is C46H50N8O11. The van der Waals surface area contributed by atoms with E-state index in [4.69, 9.17) is 43.8 Å². The van der Waals surface area contributed by atoms with Crippen LogP contribution in [0, 0.1) is 24.4 Å². The number of ether oxygens (including phenoxy) is 2. The van der Waals surface area contributed by atoms with E-state index in [9.17, 15) is 9.59 Å². The van der Waals surface area contributed by atoms with Crippen LogP contribution in [0.2, 0.25) is 0 Å². The monoisotopic (exact) mass is 890 g/mol. The lowest BCUT2D eigenvalue weighted by Gasteiger charge is -2.20. The summed E-state index contributed by atoms with van der Waals surface area (Å²) in [6.45, 7) is 11.3. The number of nitrogens with zero attached hydrogens (tertiary/aromatic N) is 2. The van der Waals surface area contributed by atoms with Crippen molar-refractivity contribution in [3.05, 3.63) is 133 Å². The predicted molar refractivity (Wildman–Crippen MR) is 241 cm³/mol. The molecule has 6 aromatic rings. The number of amides is 2. The Labute approximate surface area is 375 Å². The maximum Gasteiger partial charge on any atom is 0.407 e. The van der Waals surface area contributed by atoms with Gasteiger partial charge in [0.1, 0.15) is 11.2 Å². The zero-order valence-corrected chi connectivity index (χ0v) is 36.5. The zero-order chi connectivity index (χ0) is 46.9. The van der Waals surface area contributed by atoms with Crippen LogP contribution in [0.15, 0.2) is 131 Å². The van der Waals surface area contributed by atoms with Gasteiger partial charge in [0.25, 0.3) is 0 Å². The maximum atomic E-state index is 11.8. The van der Waals surface area contributed by atoms with Crippen molar-refractivity contribution in [1.82, 2.24) is 20.6 Å². The van der Waals surface area contributed by atoms with Crippen LogP contribution in [0.25, 0.3) is 22.6 Å². The predicted octanol–water partition coefficient (Wildman–Crippen LogP) is 9.06. The molecule has 0 aliphatic carbocycles. The Hall–Kier alpha value is -8.68. The molecule has 0 unspecified atom stereocenters. The van der Waals surface area contributed by atoms with E-state index >= 15 is 0 Å². The Bertz CT molecular complexity index is 2460. The molecule has 0 spiro atoms. The molecule has 0 radical (unpaired) electrons. The molecule has 0 atom stereocenters. The second-order valence-electron chi connectivity index (χ2n) is 15.1. The third kappa shape index (κ3) is 19.3. The Kier molecular flexibility index (Phi) is 19.1. The van der Waals surface area contributed by atoms with Crippen molar-refractivity contribution in [1.29, 1.82) is 0 Å². The van der Waals surface area contributed by atoms with Gasteiger partial charge in [0.15, 0.2) is 42.6 Å².